The molecule has 1 atom stereocenters. The molecule has 6 rings (SSSR count). The van der Waals surface area contributed by atoms with Gasteiger partial charge in [0, 0.05) is 62.1 Å². The standard InChI is InChI=1S/C25H26ClN7O2S/c1-2-15-8-17-20(21(15)26)23(33-12-14(13-33)10-30-24(34)19-4-3-7-35-19)32-25(31-17)36-16-9-18-22(29-11-16)28-6-5-27-18/h5-6,9,11,14,19H,2-4,7-8,10,12-13H2,1H3,(H,30,34). The molecule has 0 aromatic carbocycles. The zero-order chi connectivity index (χ0) is 24.6. The van der Waals surface area contributed by atoms with Crippen LogP contribution in [-0.4, -0.2) is 63.2 Å². The molecule has 1 aliphatic carbocycles. The number of aromatic nitrogens is 5. The molecule has 1 amide bonds. The van der Waals surface area contributed by atoms with Gasteiger partial charge in [0.2, 0.25) is 5.91 Å². The molecule has 2 aliphatic heterocycles. The van der Waals surface area contributed by atoms with Crippen molar-refractivity contribution in [3.05, 3.63) is 41.5 Å². The van der Waals surface area contributed by atoms with Crippen molar-refractivity contribution in [1.29, 1.82) is 0 Å². The maximum atomic E-state index is 12.3. The third kappa shape index (κ3) is 4.53. The van der Waals surface area contributed by atoms with Crippen molar-refractivity contribution in [3.8, 4) is 0 Å². The summed E-state index contributed by atoms with van der Waals surface area (Å²) in [5.41, 5.74) is 4.44. The molecular weight excluding hydrogens is 498 g/mol. The molecular formula is C25H26ClN7O2S. The minimum absolute atomic E-state index is 0.000172. The van der Waals surface area contributed by atoms with Crippen LogP contribution in [0.25, 0.3) is 16.2 Å². The van der Waals surface area contributed by atoms with Crippen molar-refractivity contribution in [2.75, 3.05) is 31.1 Å². The minimum Gasteiger partial charge on any atom is -0.368 e. The number of allylic oxidation sites excluding steroid dienone is 1. The van der Waals surface area contributed by atoms with Crippen molar-refractivity contribution in [2.45, 2.75) is 48.8 Å². The Morgan fingerprint density at radius 3 is 2.92 bits per heavy atom. The van der Waals surface area contributed by atoms with Crippen molar-refractivity contribution in [3.63, 3.8) is 0 Å². The number of pyridine rings is 1. The van der Waals surface area contributed by atoms with Crippen LogP contribution in [-0.2, 0) is 16.0 Å². The molecule has 0 saturated carbocycles. The normalized spacial score (nSPS) is 19.6. The fourth-order valence-corrected chi connectivity index (χ4v) is 6.02. The Balaban J connectivity index is 1.20. The van der Waals surface area contributed by atoms with Gasteiger partial charge in [-0.2, -0.15) is 0 Å². The average molecular weight is 524 g/mol. The van der Waals surface area contributed by atoms with E-state index >= 15 is 0 Å². The number of amides is 1. The van der Waals surface area contributed by atoms with Crippen LogP contribution in [0, 0.1) is 5.92 Å². The molecule has 3 aromatic rings. The number of rotatable bonds is 7. The number of carbonyl (C=O) groups excluding carboxylic acids is 1. The molecule has 2 saturated heterocycles. The van der Waals surface area contributed by atoms with Gasteiger partial charge in [-0.3, -0.25) is 9.78 Å². The number of halogens is 1. The first kappa shape index (κ1) is 23.6. The highest BCUT2D eigenvalue weighted by molar-refractivity contribution is 7.99. The summed E-state index contributed by atoms with van der Waals surface area (Å²) >= 11 is 8.26. The molecule has 11 heteroatoms. The lowest BCUT2D eigenvalue weighted by Gasteiger charge is -2.41. The van der Waals surface area contributed by atoms with E-state index in [1.54, 1.807) is 18.6 Å². The quantitative estimate of drug-likeness (QED) is 0.465. The molecule has 1 N–H and O–H groups in total. The van der Waals surface area contributed by atoms with E-state index in [9.17, 15) is 4.79 Å². The van der Waals surface area contributed by atoms with E-state index in [0.29, 0.717) is 29.9 Å². The van der Waals surface area contributed by atoms with Gasteiger partial charge in [-0.15, -0.1) is 0 Å². The SMILES string of the molecule is CCC1=C(Cl)c2c(nc(Sc3cnc4nccnc4c3)nc2N2CC(CNC(=O)C3CCCO3)C2)C1. The first-order valence-electron chi connectivity index (χ1n) is 12.3. The summed E-state index contributed by atoms with van der Waals surface area (Å²) in [5, 5.41) is 4.49. The van der Waals surface area contributed by atoms with Gasteiger partial charge in [-0.05, 0) is 42.7 Å². The third-order valence-corrected chi connectivity index (χ3v) is 8.11. The zero-order valence-electron chi connectivity index (χ0n) is 19.9. The molecule has 2 fully saturated rings. The van der Waals surface area contributed by atoms with Crippen molar-refractivity contribution < 1.29 is 9.53 Å². The third-order valence-electron chi connectivity index (χ3n) is 6.83. The van der Waals surface area contributed by atoms with Crippen LogP contribution >= 0.6 is 23.4 Å². The fourth-order valence-electron chi connectivity index (χ4n) is 4.85. The van der Waals surface area contributed by atoms with Crippen LogP contribution in [0.4, 0.5) is 5.82 Å². The van der Waals surface area contributed by atoms with Crippen LogP contribution in [0.5, 0.6) is 0 Å². The van der Waals surface area contributed by atoms with E-state index in [1.165, 1.54) is 17.3 Å². The lowest BCUT2D eigenvalue weighted by molar-refractivity contribution is -0.130. The van der Waals surface area contributed by atoms with Crippen molar-refractivity contribution >= 4 is 51.3 Å². The molecule has 0 radical (unpaired) electrons. The summed E-state index contributed by atoms with van der Waals surface area (Å²) < 4.78 is 5.48. The van der Waals surface area contributed by atoms with Gasteiger partial charge in [-0.25, -0.2) is 19.9 Å². The Morgan fingerprint density at radius 1 is 1.25 bits per heavy atom. The Hall–Kier alpha value is -2.82. The van der Waals surface area contributed by atoms with E-state index in [-0.39, 0.29) is 12.0 Å². The largest absolute Gasteiger partial charge is 0.368 e. The summed E-state index contributed by atoms with van der Waals surface area (Å²) in [6.07, 6.45) is 8.15. The molecule has 0 bridgehead atoms. The predicted molar refractivity (Wildman–Crippen MR) is 138 cm³/mol. The lowest BCUT2D eigenvalue weighted by Crippen LogP contribution is -2.53. The van der Waals surface area contributed by atoms with E-state index < -0.39 is 0 Å². The second-order valence-electron chi connectivity index (χ2n) is 9.29. The highest BCUT2D eigenvalue weighted by Crippen LogP contribution is 2.43. The number of hydrogen-bond donors (Lipinski definition) is 1. The van der Waals surface area contributed by atoms with Crippen LogP contribution in [0.3, 0.4) is 0 Å². The number of ether oxygens (including phenoxy) is 1. The molecule has 1 unspecified atom stereocenters. The number of hydrogen-bond acceptors (Lipinski definition) is 9. The highest BCUT2D eigenvalue weighted by Gasteiger charge is 2.35. The molecule has 5 heterocycles. The Morgan fingerprint density at radius 2 is 2.11 bits per heavy atom. The Kier molecular flexibility index (Phi) is 6.49. The Bertz CT molecular complexity index is 1360. The topological polar surface area (TPSA) is 106 Å². The van der Waals surface area contributed by atoms with Gasteiger partial charge in [-0.1, -0.05) is 18.5 Å². The number of nitrogens with one attached hydrogen (secondary N) is 1. The molecule has 0 spiro atoms. The van der Waals surface area contributed by atoms with Crippen molar-refractivity contribution in [2.24, 2.45) is 5.92 Å². The fraction of sp³-hybridized carbons (Fsp3) is 0.440. The summed E-state index contributed by atoms with van der Waals surface area (Å²) in [6.45, 7) is 5.03. The van der Waals surface area contributed by atoms with Gasteiger partial charge in [0.25, 0.3) is 0 Å². The van der Waals surface area contributed by atoms with E-state index in [2.05, 4.69) is 32.1 Å². The summed E-state index contributed by atoms with van der Waals surface area (Å²) in [7, 11) is 0. The number of nitrogens with zero attached hydrogens (tertiary/aromatic N) is 6. The molecule has 3 aromatic heterocycles. The smallest absolute Gasteiger partial charge is 0.249 e. The summed E-state index contributed by atoms with van der Waals surface area (Å²) in [5.74, 6) is 1.22. The maximum absolute atomic E-state index is 12.3. The first-order chi connectivity index (χ1) is 17.6. The van der Waals surface area contributed by atoms with Gasteiger partial charge in [0.05, 0.1) is 16.3 Å². The predicted octanol–water partition coefficient (Wildman–Crippen LogP) is 3.61. The zero-order valence-corrected chi connectivity index (χ0v) is 21.5. The summed E-state index contributed by atoms with van der Waals surface area (Å²) in [6, 6.07) is 1.95. The first-order valence-corrected chi connectivity index (χ1v) is 13.5. The second kappa shape index (κ2) is 9.91. The van der Waals surface area contributed by atoms with Crippen LogP contribution in [0.1, 0.15) is 37.4 Å². The van der Waals surface area contributed by atoms with Crippen molar-refractivity contribution in [1.82, 2.24) is 30.2 Å². The van der Waals surface area contributed by atoms with E-state index in [0.717, 1.165) is 71.3 Å². The van der Waals surface area contributed by atoms with E-state index in [1.807, 2.05) is 6.07 Å². The average Bonchev–Trinajstić information content (AvgIpc) is 3.51. The van der Waals surface area contributed by atoms with Gasteiger partial charge < -0.3 is 15.0 Å². The molecule has 3 aliphatic rings. The van der Waals surface area contributed by atoms with Crippen LogP contribution in [0.2, 0.25) is 0 Å². The maximum Gasteiger partial charge on any atom is 0.249 e. The van der Waals surface area contributed by atoms with Crippen LogP contribution in [0.15, 0.2) is 40.3 Å². The summed E-state index contributed by atoms with van der Waals surface area (Å²) in [4.78, 5) is 38.2. The number of anilines is 1. The number of fused-ring (bicyclic) bond motifs is 2. The molecule has 186 valence electrons. The van der Waals surface area contributed by atoms with Gasteiger partial charge in [0.1, 0.15) is 17.4 Å². The molecule has 9 nitrogen and oxygen atoms in total. The second-order valence-corrected chi connectivity index (χ2v) is 10.7. The monoisotopic (exact) mass is 523 g/mol. The van der Waals surface area contributed by atoms with Crippen LogP contribution < -0.4 is 10.2 Å². The van der Waals surface area contributed by atoms with Gasteiger partial charge in [0.15, 0.2) is 10.8 Å². The number of carbonyl (C=O) groups is 1. The Labute approximate surface area is 218 Å². The van der Waals surface area contributed by atoms with E-state index in [4.69, 9.17) is 26.3 Å². The minimum atomic E-state index is -0.294. The highest BCUT2D eigenvalue weighted by atomic mass is 35.5. The molecule has 36 heavy (non-hydrogen) atoms. The lowest BCUT2D eigenvalue weighted by atomic mass is 9.99. The van der Waals surface area contributed by atoms with Gasteiger partial charge >= 0.3 is 0 Å².